The number of piperidine rings is 1. The zero-order valence-corrected chi connectivity index (χ0v) is 17.8. The van der Waals surface area contributed by atoms with E-state index in [1.54, 1.807) is 12.3 Å². The Bertz CT molecular complexity index is 1070. The molecule has 4 heterocycles. The number of halogens is 3. The molecule has 2 aliphatic rings. The van der Waals surface area contributed by atoms with Gasteiger partial charge in [-0.1, -0.05) is 0 Å². The van der Waals surface area contributed by atoms with Crippen molar-refractivity contribution in [1.82, 2.24) is 24.0 Å². The quantitative estimate of drug-likeness (QED) is 0.633. The lowest BCUT2D eigenvalue weighted by Gasteiger charge is -2.37. The summed E-state index contributed by atoms with van der Waals surface area (Å²) in [4.78, 5) is 11.2. The van der Waals surface area contributed by atoms with Crippen molar-refractivity contribution in [3.05, 3.63) is 24.2 Å². The number of aryl methyl sites for hydroxylation is 1. The van der Waals surface area contributed by atoms with Crippen LogP contribution < -0.4 is 15.0 Å². The second kappa shape index (κ2) is 7.50. The van der Waals surface area contributed by atoms with Crippen LogP contribution in [0.5, 0.6) is 5.75 Å². The first-order chi connectivity index (χ1) is 14.8. The largest absolute Gasteiger partial charge is 0.477 e. The molecule has 8 nitrogen and oxygen atoms in total. The minimum atomic E-state index is -4.45. The van der Waals surface area contributed by atoms with Crippen LogP contribution in [0.2, 0.25) is 0 Å². The summed E-state index contributed by atoms with van der Waals surface area (Å²) in [5, 5.41) is 8.81. The van der Waals surface area contributed by atoms with E-state index in [-0.39, 0.29) is 17.4 Å². The number of nitrogens with one attached hydrogen (secondary N) is 1. The van der Waals surface area contributed by atoms with Gasteiger partial charge in [0, 0.05) is 36.9 Å². The van der Waals surface area contributed by atoms with E-state index in [4.69, 9.17) is 4.74 Å². The molecule has 2 bridgehead atoms. The normalized spacial score (nSPS) is 24.5. The van der Waals surface area contributed by atoms with Crippen LogP contribution in [0, 0.1) is 18.8 Å². The third-order valence-corrected chi connectivity index (χ3v) is 6.88. The highest BCUT2D eigenvalue weighted by molar-refractivity contribution is 7.09. The molecule has 3 aromatic rings. The lowest BCUT2D eigenvalue weighted by atomic mass is 9.92. The van der Waals surface area contributed by atoms with E-state index in [0.717, 1.165) is 43.8 Å². The van der Waals surface area contributed by atoms with Crippen molar-refractivity contribution in [2.45, 2.75) is 45.0 Å². The Balaban J connectivity index is 1.33. The first kappa shape index (κ1) is 20.3. The number of fused-ring (bicyclic) bond motifs is 3. The van der Waals surface area contributed by atoms with Gasteiger partial charge in [0.15, 0.2) is 17.5 Å². The van der Waals surface area contributed by atoms with Gasteiger partial charge in [-0.05, 0) is 50.7 Å². The van der Waals surface area contributed by atoms with Crippen LogP contribution >= 0.6 is 11.5 Å². The van der Waals surface area contributed by atoms with Crippen molar-refractivity contribution >= 4 is 28.3 Å². The lowest BCUT2D eigenvalue weighted by molar-refractivity contribution is -0.189. The molecule has 2 unspecified atom stereocenters. The minimum Gasteiger partial charge on any atom is -0.477 e. The minimum absolute atomic E-state index is 0.0531. The van der Waals surface area contributed by atoms with Gasteiger partial charge >= 0.3 is 6.18 Å². The summed E-state index contributed by atoms with van der Waals surface area (Å²) in [5.74, 6) is 2.07. The summed E-state index contributed by atoms with van der Waals surface area (Å²) >= 11 is 1.43. The summed E-state index contributed by atoms with van der Waals surface area (Å²) in [5.41, 5.74) is 0.259. The van der Waals surface area contributed by atoms with Gasteiger partial charge in [0.05, 0.1) is 0 Å². The Morgan fingerprint density at radius 3 is 2.61 bits per heavy atom. The number of rotatable bonds is 5. The molecule has 5 rings (SSSR count). The summed E-state index contributed by atoms with van der Waals surface area (Å²) in [7, 11) is 0. The molecule has 1 saturated carbocycles. The van der Waals surface area contributed by atoms with Gasteiger partial charge in [-0.2, -0.15) is 22.5 Å². The van der Waals surface area contributed by atoms with Crippen molar-refractivity contribution in [3.63, 3.8) is 0 Å². The zero-order valence-electron chi connectivity index (χ0n) is 17.0. The van der Waals surface area contributed by atoms with Gasteiger partial charge < -0.3 is 15.0 Å². The molecule has 1 N–H and O–H groups in total. The predicted octanol–water partition coefficient (Wildman–Crippen LogP) is 3.55. The molecular weight excluding hydrogens is 431 g/mol. The van der Waals surface area contributed by atoms with Crippen molar-refractivity contribution in [2.24, 2.45) is 11.8 Å². The molecular formula is C19H22F3N7OS. The number of alkyl halides is 3. The standard InChI is InChI=1S/C19H22F3N7OS/c1-10(19(20,21)22)30-14-4-3-7-29-16(14)25-17(26-29)24-15-12-5-6-13(15)9-28(8-12)18-23-11(2)27-31-18/h3-4,7,10,12-13,15H,5-6,8-9H2,1-2H3,(H,24,26)/t10?,12-,13?,15-/m0/s1. The third-order valence-electron chi connectivity index (χ3n) is 6.01. The highest BCUT2D eigenvalue weighted by Gasteiger charge is 2.43. The maximum Gasteiger partial charge on any atom is 0.425 e. The number of nitrogens with zero attached hydrogens (tertiary/aromatic N) is 6. The fraction of sp³-hybridized carbons (Fsp3) is 0.579. The number of aromatic nitrogens is 5. The first-order valence-corrected chi connectivity index (χ1v) is 11.0. The fourth-order valence-corrected chi connectivity index (χ4v) is 5.16. The number of hydrogen-bond acceptors (Lipinski definition) is 8. The van der Waals surface area contributed by atoms with Gasteiger partial charge in [-0.25, -0.2) is 9.50 Å². The van der Waals surface area contributed by atoms with Gasteiger partial charge in [0.2, 0.25) is 11.1 Å². The van der Waals surface area contributed by atoms with E-state index in [1.807, 2.05) is 6.92 Å². The molecule has 4 atom stereocenters. The average molecular weight is 453 g/mol. The van der Waals surface area contributed by atoms with Crippen LogP contribution in [-0.2, 0) is 0 Å². The average Bonchev–Trinajstić information content (AvgIpc) is 3.38. The summed E-state index contributed by atoms with van der Waals surface area (Å²) in [6.45, 7) is 4.64. The van der Waals surface area contributed by atoms with Crippen LogP contribution in [0.25, 0.3) is 5.65 Å². The molecule has 2 fully saturated rings. The highest BCUT2D eigenvalue weighted by atomic mass is 32.1. The van der Waals surface area contributed by atoms with E-state index in [0.29, 0.717) is 17.8 Å². The van der Waals surface area contributed by atoms with Crippen LogP contribution in [-0.4, -0.2) is 55.4 Å². The monoisotopic (exact) mass is 453 g/mol. The molecule has 31 heavy (non-hydrogen) atoms. The predicted molar refractivity (Wildman–Crippen MR) is 110 cm³/mol. The molecule has 166 valence electrons. The first-order valence-electron chi connectivity index (χ1n) is 10.2. The van der Waals surface area contributed by atoms with E-state index < -0.39 is 12.3 Å². The van der Waals surface area contributed by atoms with Gasteiger partial charge in [0.1, 0.15) is 5.82 Å². The molecule has 1 aliphatic carbocycles. The Morgan fingerprint density at radius 1 is 1.23 bits per heavy atom. The number of hydrogen-bond donors (Lipinski definition) is 1. The van der Waals surface area contributed by atoms with E-state index in [9.17, 15) is 13.2 Å². The van der Waals surface area contributed by atoms with Gasteiger partial charge in [-0.15, -0.1) is 5.10 Å². The summed E-state index contributed by atoms with van der Waals surface area (Å²) in [6, 6.07) is 3.28. The fourth-order valence-electron chi connectivity index (χ4n) is 4.47. The Kier molecular flexibility index (Phi) is 4.91. The second-order valence-corrected chi connectivity index (χ2v) is 8.90. The van der Waals surface area contributed by atoms with Crippen LogP contribution in [0.4, 0.5) is 24.3 Å². The second-order valence-electron chi connectivity index (χ2n) is 8.17. The van der Waals surface area contributed by atoms with Crippen molar-refractivity contribution in [1.29, 1.82) is 0 Å². The van der Waals surface area contributed by atoms with E-state index in [1.165, 1.54) is 22.1 Å². The summed E-state index contributed by atoms with van der Waals surface area (Å²) in [6.07, 6.45) is -2.54. The van der Waals surface area contributed by atoms with Gasteiger partial charge in [-0.3, -0.25) is 0 Å². The maximum atomic E-state index is 12.9. The third kappa shape index (κ3) is 3.88. The molecule has 3 aromatic heterocycles. The van der Waals surface area contributed by atoms with Gasteiger partial charge in [0.25, 0.3) is 0 Å². The summed E-state index contributed by atoms with van der Waals surface area (Å²) < 4.78 is 49.6. The molecule has 0 aromatic carbocycles. The number of ether oxygens (including phenoxy) is 1. The topological polar surface area (TPSA) is 80.5 Å². The number of pyridine rings is 1. The molecule has 12 heteroatoms. The lowest BCUT2D eigenvalue weighted by Crippen LogP contribution is -2.48. The Labute approximate surface area is 180 Å². The van der Waals surface area contributed by atoms with E-state index in [2.05, 4.69) is 29.7 Å². The van der Waals surface area contributed by atoms with E-state index >= 15 is 0 Å². The number of anilines is 2. The van der Waals surface area contributed by atoms with Crippen LogP contribution in [0.3, 0.4) is 0 Å². The SMILES string of the molecule is Cc1nsc(N2CC3CC[C@@H](C2)[C@@H]3Nc2nc3c(OC(C)C(F)(F)F)cccn3n2)n1. The van der Waals surface area contributed by atoms with Crippen molar-refractivity contribution in [2.75, 3.05) is 23.3 Å². The maximum absolute atomic E-state index is 12.9. The van der Waals surface area contributed by atoms with Crippen molar-refractivity contribution in [3.8, 4) is 5.75 Å². The molecule has 0 amide bonds. The zero-order chi connectivity index (χ0) is 21.8. The van der Waals surface area contributed by atoms with Crippen molar-refractivity contribution < 1.29 is 17.9 Å². The van der Waals surface area contributed by atoms with Crippen LogP contribution in [0.1, 0.15) is 25.6 Å². The van der Waals surface area contributed by atoms with Crippen LogP contribution in [0.15, 0.2) is 18.3 Å². The molecule has 1 aliphatic heterocycles. The molecule has 0 radical (unpaired) electrons. The smallest absolute Gasteiger partial charge is 0.425 e. The Hall–Kier alpha value is -2.63. The Morgan fingerprint density at radius 2 is 1.97 bits per heavy atom. The highest BCUT2D eigenvalue weighted by Crippen LogP contribution is 2.40. The molecule has 1 saturated heterocycles. The molecule has 0 spiro atoms.